The highest BCUT2D eigenvalue weighted by Crippen LogP contribution is 2.13. The summed E-state index contributed by atoms with van der Waals surface area (Å²) < 4.78 is 5.26. The Bertz CT molecular complexity index is 590. The van der Waals surface area contributed by atoms with Crippen molar-refractivity contribution in [1.82, 2.24) is 9.97 Å². The Kier molecular flexibility index (Phi) is 4.30. The zero-order chi connectivity index (χ0) is 13.7. The minimum atomic E-state index is -0.301. The molecule has 2 aromatic rings. The van der Waals surface area contributed by atoms with Gasteiger partial charge in [-0.2, -0.15) is 4.98 Å². The lowest BCUT2D eigenvalue weighted by molar-refractivity contribution is 0.102. The third-order valence-electron chi connectivity index (χ3n) is 2.25. The van der Waals surface area contributed by atoms with Crippen molar-refractivity contribution in [2.45, 2.75) is 6.92 Å². The third-order valence-corrected chi connectivity index (χ3v) is 2.45. The molecule has 1 N–H and O–H groups in total. The number of ether oxygens (including phenoxy) is 1. The topological polar surface area (TPSA) is 64.1 Å². The van der Waals surface area contributed by atoms with Crippen LogP contribution in [0.4, 0.5) is 5.82 Å². The number of pyridine rings is 2. The smallest absolute Gasteiger partial charge is 0.256 e. The van der Waals surface area contributed by atoms with Gasteiger partial charge in [-0.3, -0.25) is 4.79 Å². The van der Waals surface area contributed by atoms with Crippen molar-refractivity contribution in [1.29, 1.82) is 0 Å². The van der Waals surface area contributed by atoms with Gasteiger partial charge in [0.2, 0.25) is 5.88 Å². The van der Waals surface area contributed by atoms with Gasteiger partial charge >= 0.3 is 0 Å². The zero-order valence-electron chi connectivity index (χ0n) is 10.3. The highest BCUT2D eigenvalue weighted by Gasteiger charge is 2.08. The van der Waals surface area contributed by atoms with E-state index in [0.717, 1.165) is 0 Å². The summed E-state index contributed by atoms with van der Waals surface area (Å²) in [5, 5.41) is 2.94. The lowest BCUT2D eigenvalue weighted by atomic mass is 10.2. The zero-order valence-corrected chi connectivity index (χ0v) is 11.0. The second-order valence-electron chi connectivity index (χ2n) is 3.62. The molecule has 1 amide bonds. The highest BCUT2D eigenvalue weighted by atomic mass is 35.5. The lowest BCUT2D eigenvalue weighted by Crippen LogP contribution is -2.13. The second kappa shape index (κ2) is 6.15. The molecule has 0 unspecified atom stereocenters. The molecular formula is C13H12ClN3O2. The monoisotopic (exact) mass is 277 g/mol. The molecule has 0 saturated heterocycles. The molecule has 2 aromatic heterocycles. The van der Waals surface area contributed by atoms with E-state index in [-0.39, 0.29) is 11.1 Å². The molecule has 0 aliphatic heterocycles. The summed E-state index contributed by atoms with van der Waals surface area (Å²) in [5.74, 6) is 0.586. The van der Waals surface area contributed by atoms with Crippen molar-refractivity contribution >= 4 is 23.3 Å². The maximum Gasteiger partial charge on any atom is 0.256 e. The van der Waals surface area contributed by atoms with E-state index >= 15 is 0 Å². The van der Waals surface area contributed by atoms with Gasteiger partial charge in [-0.1, -0.05) is 17.7 Å². The maximum atomic E-state index is 12.0. The van der Waals surface area contributed by atoms with Crippen LogP contribution in [0.1, 0.15) is 17.3 Å². The highest BCUT2D eigenvalue weighted by molar-refractivity contribution is 6.29. The number of rotatable bonds is 4. The average Bonchev–Trinajstić information content (AvgIpc) is 2.39. The molecular weight excluding hydrogens is 266 g/mol. The largest absolute Gasteiger partial charge is 0.478 e. The first-order valence-corrected chi connectivity index (χ1v) is 6.09. The van der Waals surface area contributed by atoms with Crippen molar-refractivity contribution in [3.8, 4) is 5.88 Å². The molecule has 19 heavy (non-hydrogen) atoms. The van der Waals surface area contributed by atoms with Gasteiger partial charge in [-0.05, 0) is 25.1 Å². The normalized spacial score (nSPS) is 10.0. The number of nitrogens with zero attached hydrogens (tertiary/aromatic N) is 2. The van der Waals surface area contributed by atoms with E-state index in [1.54, 1.807) is 24.3 Å². The van der Waals surface area contributed by atoms with Gasteiger partial charge in [-0.25, -0.2) is 4.98 Å². The standard InChI is InChI=1S/C13H12ClN3O2/c1-2-19-12-5-3-4-11(16-12)17-13(18)9-6-7-15-10(14)8-9/h3-8H,2H2,1H3,(H,16,17,18). The van der Waals surface area contributed by atoms with Crippen LogP contribution in [0.2, 0.25) is 5.15 Å². The molecule has 0 bridgehead atoms. The molecule has 5 nitrogen and oxygen atoms in total. The van der Waals surface area contributed by atoms with Crippen LogP contribution in [0, 0.1) is 0 Å². The summed E-state index contributed by atoms with van der Waals surface area (Å²) in [6.45, 7) is 2.39. The van der Waals surface area contributed by atoms with Crippen molar-refractivity contribution in [2.24, 2.45) is 0 Å². The van der Waals surface area contributed by atoms with E-state index in [1.165, 1.54) is 12.3 Å². The number of halogens is 1. The number of anilines is 1. The van der Waals surface area contributed by atoms with Gasteiger partial charge in [0.05, 0.1) is 6.61 Å². The molecule has 6 heteroatoms. The number of hydrogen-bond acceptors (Lipinski definition) is 4. The van der Waals surface area contributed by atoms with Crippen LogP contribution in [0.15, 0.2) is 36.5 Å². The molecule has 0 aliphatic rings. The molecule has 2 heterocycles. The first-order valence-electron chi connectivity index (χ1n) is 5.72. The van der Waals surface area contributed by atoms with E-state index in [4.69, 9.17) is 16.3 Å². The Morgan fingerprint density at radius 1 is 1.42 bits per heavy atom. The lowest BCUT2D eigenvalue weighted by Gasteiger charge is -2.06. The number of amides is 1. The second-order valence-corrected chi connectivity index (χ2v) is 4.00. The molecule has 0 fully saturated rings. The van der Waals surface area contributed by atoms with Crippen LogP contribution in [0.25, 0.3) is 0 Å². The molecule has 0 aromatic carbocycles. The Morgan fingerprint density at radius 3 is 3.00 bits per heavy atom. The molecule has 0 saturated carbocycles. The van der Waals surface area contributed by atoms with Crippen LogP contribution in [0.3, 0.4) is 0 Å². The van der Waals surface area contributed by atoms with Gasteiger partial charge in [0.1, 0.15) is 11.0 Å². The summed E-state index contributed by atoms with van der Waals surface area (Å²) >= 11 is 5.73. The Labute approximate surface area is 115 Å². The quantitative estimate of drug-likeness (QED) is 0.873. The van der Waals surface area contributed by atoms with Gasteiger partial charge in [-0.15, -0.1) is 0 Å². The third kappa shape index (κ3) is 3.66. The fourth-order valence-electron chi connectivity index (χ4n) is 1.44. The van der Waals surface area contributed by atoms with E-state index < -0.39 is 0 Å². The minimum absolute atomic E-state index is 0.267. The summed E-state index contributed by atoms with van der Waals surface area (Å²) in [6, 6.07) is 8.23. The van der Waals surface area contributed by atoms with E-state index in [0.29, 0.717) is 23.9 Å². The first-order chi connectivity index (χ1) is 9.19. The van der Waals surface area contributed by atoms with Gasteiger partial charge in [0, 0.05) is 17.8 Å². The van der Waals surface area contributed by atoms with Gasteiger partial charge in [0.25, 0.3) is 5.91 Å². The summed E-state index contributed by atoms with van der Waals surface area (Å²) in [4.78, 5) is 19.9. The maximum absolute atomic E-state index is 12.0. The van der Waals surface area contributed by atoms with Crippen molar-refractivity contribution in [3.63, 3.8) is 0 Å². The van der Waals surface area contributed by atoms with E-state index in [9.17, 15) is 4.79 Å². The van der Waals surface area contributed by atoms with Gasteiger partial charge in [0.15, 0.2) is 0 Å². The number of nitrogens with one attached hydrogen (secondary N) is 1. The number of carbonyl (C=O) groups is 1. The number of hydrogen-bond donors (Lipinski definition) is 1. The summed E-state index contributed by atoms with van der Waals surface area (Å²) in [7, 11) is 0. The fourth-order valence-corrected chi connectivity index (χ4v) is 1.62. The molecule has 2 rings (SSSR count). The van der Waals surface area contributed by atoms with Crippen LogP contribution in [0.5, 0.6) is 5.88 Å². The molecule has 98 valence electrons. The van der Waals surface area contributed by atoms with E-state index in [2.05, 4.69) is 15.3 Å². The van der Waals surface area contributed by atoms with E-state index in [1.807, 2.05) is 6.92 Å². The fraction of sp³-hybridized carbons (Fsp3) is 0.154. The Hall–Kier alpha value is -2.14. The van der Waals surface area contributed by atoms with Crippen molar-refractivity contribution in [2.75, 3.05) is 11.9 Å². The molecule has 0 radical (unpaired) electrons. The summed E-state index contributed by atoms with van der Waals surface area (Å²) in [5.41, 5.74) is 0.420. The first kappa shape index (κ1) is 13.3. The van der Waals surface area contributed by atoms with Crippen LogP contribution >= 0.6 is 11.6 Å². The molecule has 0 atom stereocenters. The van der Waals surface area contributed by atoms with Gasteiger partial charge < -0.3 is 10.1 Å². The Morgan fingerprint density at radius 2 is 2.26 bits per heavy atom. The SMILES string of the molecule is CCOc1cccc(NC(=O)c2ccnc(Cl)c2)n1. The molecule has 0 aliphatic carbocycles. The Balaban J connectivity index is 2.12. The predicted octanol–water partition coefficient (Wildman–Crippen LogP) is 2.78. The van der Waals surface area contributed by atoms with Crippen LogP contribution in [-0.2, 0) is 0 Å². The number of aromatic nitrogens is 2. The predicted molar refractivity (Wildman–Crippen MR) is 72.6 cm³/mol. The van der Waals surface area contributed by atoms with Crippen molar-refractivity contribution < 1.29 is 9.53 Å². The van der Waals surface area contributed by atoms with Crippen molar-refractivity contribution in [3.05, 3.63) is 47.2 Å². The average molecular weight is 278 g/mol. The number of carbonyl (C=O) groups excluding carboxylic acids is 1. The summed E-state index contributed by atoms with van der Waals surface area (Å²) in [6.07, 6.45) is 1.47. The molecule has 0 spiro atoms. The minimum Gasteiger partial charge on any atom is -0.478 e. The van der Waals surface area contributed by atoms with Crippen LogP contribution in [-0.4, -0.2) is 22.5 Å². The van der Waals surface area contributed by atoms with Crippen LogP contribution < -0.4 is 10.1 Å².